The van der Waals surface area contributed by atoms with Gasteiger partial charge in [0.2, 0.25) is 0 Å². The topological polar surface area (TPSA) is 50.5 Å². The first kappa shape index (κ1) is 16.0. The molecule has 2 heterocycles. The van der Waals surface area contributed by atoms with Gasteiger partial charge < -0.3 is 9.84 Å². The van der Waals surface area contributed by atoms with E-state index in [-0.39, 0.29) is 0 Å². The molecule has 0 bridgehead atoms. The molecule has 0 aliphatic carbocycles. The first-order chi connectivity index (χ1) is 11.1. The van der Waals surface area contributed by atoms with Crippen LogP contribution in [0.25, 0.3) is 0 Å². The second-order valence-electron chi connectivity index (χ2n) is 6.38. The summed E-state index contributed by atoms with van der Waals surface area (Å²) in [7, 11) is 1.94. The molecule has 1 aliphatic heterocycles. The van der Waals surface area contributed by atoms with E-state index in [2.05, 4.69) is 16.2 Å². The summed E-state index contributed by atoms with van der Waals surface area (Å²) in [6.07, 6.45) is 5.78. The number of aliphatic hydroxyl groups excluding tert-OH is 1. The molecular formula is C18H25N3O2. The van der Waals surface area contributed by atoms with Crippen molar-refractivity contribution in [3.8, 4) is 5.75 Å². The molecule has 0 radical (unpaired) electrons. The average molecular weight is 315 g/mol. The smallest absolute Gasteiger partial charge is 0.119 e. The molecule has 3 rings (SSSR count). The number of nitrogens with zero attached hydrogens (tertiary/aromatic N) is 3. The Morgan fingerprint density at radius 3 is 3.04 bits per heavy atom. The molecule has 1 aromatic carbocycles. The molecular weight excluding hydrogens is 290 g/mol. The third-order valence-corrected chi connectivity index (χ3v) is 4.35. The summed E-state index contributed by atoms with van der Waals surface area (Å²) < 4.78 is 7.55. The van der Waals surface area contributed by atoms with E-state index in [1.54, 1.807) is 0 Å². The fourth-order valence-corrected chi connectivity index (χ4v) is 3.26. The lowest BCUT2D eigenvalue weighted by molar-refractivity contribution is 0.0638. The number of β-amino-alcohol motifs (C(OH)–C–C–N with tert-alkyl or cyclic N) is 1. The molecule has 1 aliphatic rings. The Morgan fingerprint density at radius 2 is 2.30 bits per heavy atom. The molecule has 1 N–H and O–H groups in total. The van der Waals surface area contributed by atoms with E-state index in [1.165, 1.54) is 5.56 Å². The summed E-state index contributed by atoms with van der Waals surface area (Å²) in [5.74, 6) is 0.814. The Morgan fingerprint density at radius 1 is 1.43 bits per heavy atom. The number of likely N-dealkylation sites (tertiary alicyclic amines) is 1. The van der Waals surface area contributed by atoms with E-state index >= 15 is 0 Å². The van der Waals surface area contributed by atoms with Crippen molar-refractivity contribution < 1.29 is 9.84 Å². The van der Waals surface area contributed by atoms with Crippen LogP contribution in [0.15, 0.2) is 36.7 Å². The van der Waals surface area contributed by atoms with Gasteiger partial charge in [-0.05, 0) is 44.0 Å². The zero-order valence-electron chi connectivity index (χ0n) is 13.9. The third kappa shape index (κ3) is 4.12. The number of aliphatic hydroxyl groups is 1. The maximum Gasteiger partial charge on any atom is 0.119 e. The van der Waals surface area contributed by atoms with Crippen LogP contribution in [0.4, 0.5) is 0 Å². The number of aryl methyl sites for hydroxylation is 2. The highest BCUT2D eigenvalue weighted by Gasteiger charge is 2.28. The normalized spacial score (nSPS) is 19.9. The second-order valence-corrected chi connectivity index (χ2v) is 6.38. The van der Waals surface area contributed by atoms with Crippen LogP contribution >= 0.6 is 0 Å². The number of hydrogen-bond acceptors (Lipinski definition) is 4. The Hall–Kier alpha value is -1.85. The van der Waals surface area contributed by atoms with E-state index in [1.807, 2.05) is 49.1 Å². The van der Waals surface area contributed by atoms with Crippen molar-refractivity contribution in [3.63, 3.8) is 0 Å². The fourth-order valence-electron chi connectivity index (χ4n) is 3.26. The van der Waals surface area contributed by atoms with Crippen LogP contribution in [0.3, 0.4) is 0 Å². The second kappa shape index (κ2) is 7.15. The third-order valence-electron chi connectivity index (χ3n) is 4.35. The summed E-state index contributed by atoms with van der Waals surface area (Å²) in [6, 6.07) is 8.27. The minimum atomic E-state index is -0.493. The monoisotopic (exact) mass is 315 g/mol. The largest absolute Gasteiger partial charge is 0.491 e. The molecule has 2 atom stereocenters. The lowest BCUT2D eigenvalue weighted by Crippen LogP contribution is -2.35. The van der Waals surface area contributed by atoms with Gasteiger partial charge >= 0.3 is 0 Å². The number of aromatic nitrogens is 2. The van der Waals surface area contributed by atoms with E-state index in [9.17, 15) is 5.11 Å². The lowest BCUT2D eigenvalue weighted by atomic mass is 10.1. The van der Waals surface area contributed by atoms with Crippen LogP contribution in [-0.4, -0.2) is 45.6 Å². The van der Waals surface area contributed by atoms with Gasteiger partial charge in [0.15, 0.2) is 0 Å². The summed E-state index contributed by atoms with van der Waals surface area (Å²) in [5, 5.41) is 14.6. The molecule has 0 spiro atoms. The first-order valence-corrected chi connectivity index (χ1v) is 8.22. The van der Waals surface area contributed by atoms with Gasteiger partial charge in [-0.25, -0.2) is 0 Å². The summed E-state index contributed by atoms with van der Waals surface area (Å²) in [4.78, 5) is 2.33. The Kier molecular flexibility index (Phi) is 4.98. The van der Waals surface area contributed by atoms with Crippen molar-refractivity contribution in [1.29, 1.82) is 0 Å². The lowest BCUT2D eigenvalue weighted by Gasteiger charge is -2.26. The van der Waals surface area contributed by atoms with Gasteiger partial charge in [0.1, 0.15) is 18.5 Å². The SMILES string of the molecule is Cc1cccc(OC[C@@H](O)CN2CCC[C@H]2c2cnn(C)c2)c1. The van der Waals surface area contributed by atoms with Gasteiger partial charge in [-0.1, -0.05) is 12.1 Å². The van der Waals surface area contributed by atoms with E-state index in [0.29, 0.717) is 19.2 Å². The number of hydrogen-bond donors (Lipinski definition) is 1. The molecule has 1 fully saturated rings. The Bertz CT molecular complexity index is 641. The van der Waals surface area contributed by atoms with E-state index in [0.717, 1.165) is 30.7 Å². The van der Waals surface area contributed by atoms with Gasteiger partial charge in [-0.2, -0.15) is 5.10 Å². The quantitative estimate of drug-likeness (QED) is 0.889. The van der Waals surface area contributed by atoms with Gasteiger partial charge in [0, 0.05) is 31.4 Å². The van der Waals surface area contributed by atoms with Crippen LogP contribution in [-0.2, 0) is 7.05 Å². The molecule has 1 aromatic heterocycles. The van der Waals surface area contributed by atoms with Crippen LogP contribution in [0.2, 0.25) is 0 Å². The molecule has 0 saturated carbocycles. The van der Waals surface area contributed by atoms with Gasteiger partial charge in [0.05, 0.1) is 6.20 Å². The standard InChI is InChI=1S/C18H25N3O2/c1-14-5-3-6-17(9-14)23-13-16(22)12-21-8-4-7-18(21)15-10-19-20(2)11-15/h3,5-6,9-11,16,18,22H,4,7-8,12-13H2,1-2H3/t16-,18-/m0/s1. The summed E-state index contributed by atoms with van der Waals surface area (Å²) in [6.45, 7) is 4.00. The minimum Gasteiger partial charge on any atom is -0.491 e. The van der Waals surface area contributed by atoms with Gasteiger partial charge in [-0.15, -0.1) is 0 Å². The zero-order valence-corrected chi connectivity index (χ0v) is 13.9. The van der Waals surface area contributed by atoms with Gasteiger partial charge in [-0.3, -0.25) is 9.58 Å². The Labute approximate surface area is 137 Å². The Balaban J connectivity index is 1.53. The van der Waals surface area contributed by atoms with Crippen molar-refractivity contribution in [2.75, 3.05) is 19.7 Å². The molecule has 23 heavy (non-hydrogen) atoms. The molecule has 1 saturated heterocycles. The molecule has 0 unspecified atom stereocenters. The maximum atomic E-state index is 10.3. The van der Waals surface area contributed by atoms with Crippen LogP contribution in [0, 0.1) is 6.92 Å². The van der Waals surface area contributed by atoms with Crippen molar-refractivity contribution in [2.24, 2.45) is 7.05 Å². The number of benzene rings is 1. The minimum absolute atomic E-state index is 0.319. The highest BCUT2D eigenvalue weighted by Crippen LogP contribution is 2.31. The molecule has 0 amide bonds. The van der Waals surface area contributed by atoms with Crippen molar-refractivity contribution in [3.05, 3.63) is 47.8 Å². The first-order valence-electron chi connectivity index (χ1n) is 8.22. The fraction of sp³-hybridized carbons (Fsp3) is 0.500. The van der Waals surface area contributed by atoms with Crippen molar-refractivity contribution >= 4 is 0 Å². The molecule has 5 heteroatoms. The maximum absolute atomic E-state index is 10.3. The van der Waals surface area contributed by atoms with E-state index in [4.69, 9.17) is 4.74 Å². The molecule has 5 nitrogen and oxygen atoms in total. The van der Waals surface area contributed by atoms with E-state index < -0.39 is 6.10 Å². The van der Waals surface area contributed by atoms with Gasteiger partial charge in [0.25, 0.3) is 0 Å². The van der Waals surface area contributed by atoms with Crippen LogP contribution in [0.1, 0.15) is 30.0 Å². The number of rotatable bonds is 6. The highest BCUT2D eigenvalue weighted by molar-refractivity contribution is 5.27. The van der Waals surface area contributed by atoms with Crippen LogP contribution in [0.5, 0.6) is 5.75 Å². The van der Waals surface area contributed by atoms with Crippen LogP contribution < -0.4 is 4.74 Å². The van der Waals surface area contributed by atoms with Crippen molar-refractivity contribution in [2.45, 2.75) is 31.9 Å². The zero-order chi connectivity index (χ0) is 16.2. The molecule has 2 aromatic rings. The summed E-state index contributed by atoms with van der Waals surface area (Å²) >= 11 is 0. The predicted octanol–water partition coefficient (Wildman–Crippen LogP) is 2.31. The summed E-state index contributed by atoms with van der Waals surface area (Å²) in [5.41, 5.74) is 2.39. The van der Waals surface area contributed by atoms with Crippen molar-refractivity contribution in [1.82, 2.24) is 14.7 Å². The highest BCUT2D eigenvalue weighted by atomic mass is 16.5. The average Bonchev–Trinajstić information content (AvgIpc) is 3.14. The predicted molar refractivity (Wildman–Crippen MR) is 89.4 cm³/mol. The molecule has 124 valence electrons. The number of ether oxygens (including phenoxy) is 1.